The van der Waals surface area contributed by atoms with Gasteiger partial charge in [0.05, 0.1) is 29.1 Å². The molecule has 5 rings (SSSR count). The van der Waals surface area contributed by atoms with Gasteiger partial charge in [0.2, 0.25) is 0 Å². The molecule has 1 saturated carbocycles. The fraction of sp³-hybridized carbons (Fsp3) is 0.400. The summed E-state index contributed by atoms with van der Waals surface area (Å²) in [5.74, 6) is -1.91. The van der Waals surface area contributed by atoms with Crippen molar-refractivity contribution in [2.24, 2.45) is 0 Å². The predicted molar refractivity (Wildman–Crippen MR) is 122 cm³/mol. The van der Waals surface area contributed by atoms with Crippen LogP contribution in [0.15, 0.2) is 35.1 Å². The normalized spacial score (nSPS) is 19.2. The van der Waals surface area contributed by atoms with E-state index in [1.807, 2.05) is 0 Å². The summed E-state index contributed by atoms with van der Waals surface area (Å²) in [6.07, 6.45) is 3.50. The van der Waals surface area contributed by atoms with Crippen LogP contribution in [0.4, 0.5) is 14.5 Å². The van der Waals surface area contributed by atoms with Crippen molar-refractivity contribution in [3.63, 3.8) is 0 Å². The van der Waals surface area contributed by atoms with Crippen LogP contribution in [-0.4, -0.2) is 33.8 Å². The number of ether oxygens (including phenoxy) is 1. The number of aromatic carboxylic acids is 1. The number of anilines is 1. The summed E-state index contributed by atoms with van der Waals surface area (Å²) in [4.78, 5) is 30.0. The van der Waals surface area contributed by atoms with Crippen molar-refractivity contribution in [1.29, 1.82) is 0 Å². The summed E-state index contributed by atoms with van der Waals surface area (Å²) in [7, 11) is 0. The fourth-order valence-corrected chi connectivity index (χ4v) is 4.69. The molecule has 2 aromatic carbocycles. The first-order chi connectivity index (χ1) is 16.3. The zero-order valence-corrected chi connectivity index (χ0v) is 18.7. The van der Waals surface area contributed by atoms with Crippen molar-refractivity contribution in [2.75, 3.05) is 18.5 Å². The number of rotatable bonds is 6. The monoisotopic (exact) mass is 469 g/mol. The summed E-state index contributed by atoms with van der Waals surface area (Å²) in [6, 6.07) is 5.38. The van der Waals surface area contributed by atoms with Gasteiger partial charge in [0.15, 0.2) is 0 Å². The van der Waals surface area contributed by atoms with Crippen LogP contribution in [0.25, 0.3) is 10.9 Å². The van der Waals surface area contributed by atoms with Gasteiger partial charge in [-0.3, -0.25) is 9.36 Å². The number of nitrogens with zero attached hydrogens (tertiary/aromatic N) is 2. The van der Waals surface area contributed by atoms with Gasteiger partial charge in [-0.2, -0.15) is 0 Å². The van der Waals surface area contributed by atoms with Crippen LogP contribution in [0.2, 0.25) is 0 Å². The van der Waals surface area contributed by atoms with Crippen LogP contribution >= 0.6 is 0 Å². The Labute approximate surface area is 194 Å². The number of hydrogen-bond donors (Lipinski definition) is 2. The second kappa shape index (κ2) is 8.79. The topological polar surface area (TPSA) is 93.5 Å². The van der Waals surface area contributed by atoms with E-state index in [1.54, 1.807) is 11.5 Å². The molecule has 1 saturated heterocycles. The molecule has 2 fully saturated rings. The standard InChI is InChI=1S/C25H25F2N3O4/c1-13(28-21-7-4-15(26)9-19(21)25(32)33)18-10-16(27)11-20-22(18)29-23(14-3-2-8-34-12-14)30(24(20)31)17-5-6-17/h4,7,9-11,13-14,17,28H,2-3,5-6,8,12H2,1H3,(H,32,33)/t13-,14+/m1/s1. The largest absolute Gasteiger partial charge is 0.478 e. The van der Waals surface area contributed by atoms with E-state index in [4.69, 9.17) is 9.72 Å². The van der Waals surface area contributed by atoms with Crippen LogP contribution in [0.1, 0.15) is 72.4 Å². The molecule has 7 nitrogen and oxygen atoms in total. The molecule has 0 radical (unpaired) electrons. The van der Waals surface area contributed by atoms with Gasteiger partial charge in [0.25, 0.3) is 5.56 Å². The average molecular weight is 469 g/mol. The summed E-state index contributed by atoms with van der Waals surface area (Å²) < 4.78 is 35.6. The molecule has 9 heteroatoms. The Bertz CT molecular complexity index is 1330. The van der Waals surface area contributed by atoms with Crippen molar-refractivity contribution in [2.45, 2.75) is 50.6 Å². The highest BCUT2D eigenvalue weighted by Crippen LogP contribution is 2.38. The van der Waals surface area contributed by atoms with E-state index >= 15 is 0 Å². The number of carboxylic acid groups (broad SMARTS) is 1. The Morgan fingerprint density at radius 1 is 1.21 bits per heavy atom. The van der Waals surface area contributed by atoms with Gasteiger partial charge in [-0.25, -0.2) is 18.6 Å². The second-order valence-electron chi connectivity index (χ2n) is 9.04. The maximum atomic E-state index is 14.7. The summed E-state index contributed by atoms with van der Waals surface area (Å²) in [5.41, 5.74) is 0.480. The first-order valence-electron chi connectivity index (χ1n) is 11.5. The molecule has 2 atom stereocenters. The van der Waals surface area contributed by atoms with E-state index in [1.165, 1.54) is 18.2 Å². The highest BCUT2D eigenvalue weighted by atomic mass is 19.1. The molecule has 1 aliphatic heterocycles. The molecule has 0 amide bonds. The van der Waals surface area contributed by atoms with Gasteiger partial charge < -0.3 is 15.2 Å². The van der Waals surface area contributed by atoms with Gasteiger partial charge >= 0.3 is 5.97 Å². The van der Waals surface area contributed by atoms with Gasteiger partial charge in [-0.1, -0.05) is 0 Å². The van der Waals surface area contributed by atoms with E-state index in [0.717, 1.165) is 37.8 Å². The summed E-state index contributed by atoms with van der Waals surface area (Å²) in [6.45, 7) is 2.88. The number of aromatic nitrogens is 2. The van der Waals surface area contributed by atoms with Crippen LogP contribution in [0.5, 0.6) is 0 Å². The average Bonchev–Trinajstić information content (AvgIpc) is 3.65. The van der Waals surface area contributed by atoms with Crippen molar-refractivity contribution >= 4 is 22.6 Å². The lowest BCUT2D eigenvalue weighted by Crippen LogP contribution is -2.30. The Hall–Kier alpha value is -3.33. The number of halogens is 2. The van der Waals surface area contributed by atoms with Crippen LogP contribution < -0.4 is 10.9 Å². The van der Waals surface area contributed by atoms with E-state index in [0.29, 0.717) is 30.1 Å². The number of carbonyl (C=O) groups is 1. The third-order valence-electron chi connectivity index (χ3n) is 6.51. The molecule has 0 spiro atoms. The minimum absolute atomic E-state index is 0.0247. The van der Waals surface area contributed by atoms with Crippen LogP contribution in [0, 0.1) is 11.6 Å². The van der Waals surface area contributed by atoms with Crippen LogP contribution in [0.3, 0.4) is 0 Å². The van der Waals surface area contributed by atoms with Gasteiger partial charge in [-0.05, 0) is 62.9 Å². The van der Waals surface area contributed by atoms with Crippen LogP contribution in [-0.2, 0) is 4.74 Å². The van der Waals surface area contributed by atoms with Gasteiger partial charge in [0, 0.05) is 29.8 Å². The molecule has 1 aromatic heterocycles. The molecule has 34 heavy (non-hydrogen) atoms. The van der Waals surface area contributed by atoms with Crippen molar-refractivity contribution in [3.8, 4) is 0 Å². The Balaban J connectivity index is 1.63. The number of nitrogens with one attached hydrogen (secondary N) is 1. The molecular formula is C25H25F2N3O4. The maximum Gasteiger partial charge on any atom is 0.337 e. The zero-order chi connectivity index (χ0) is 24.0. The van der Waals surface area contributed by atoms with E-state index < -0.39 is 23.6 Å². The third kappa shape index (κ3) is 4.16. The van der Waals surface area contributed by atoms with Crippen molar-refractivity contribution in [3.05, 3.63) is 69.3 Å². The quantitative estimate of drug-likeness (QED) is 0.540. The number of benzene rings is 2. The maximum absolute atomic E-state index is 14.7. The smallest absolute Gasteiger partial charge is 0.337 e. The first kappa shape index (κ1) is 22.5. The summed E-state index contributed by atoms with van der Waals surface area (Å²) >= 11 is 0. The van der Waals surface area contributed by atoms with Crippen molar-refractivity contribution in [1.82, 2.24) is 9.55 Å². The lowest BCUT2D eigenvalue weighted by atomic mass is 9.99. The Kier molecular flexibility index (Phi) is 5.81. The minimum Gasteiger partial charge on any atom is -0.478 e. The molecule has 0 unspecified atom stereocenters. The third-order valence-corrected chi connectivity index (χ3v) is 6.51. The Morgan fingerprint density at radius 3 is 2.68 bits per heavy atom. The fourth-order valence-electron chi connectivity index (χ4n) is 4.69. The molecule has 2 N–H and O–H groups in total. The van der Waals surface area contributed by atoms with E-state index in [-0.39, 0.29) is 34.2 Å². The first-order valence-corrected chi connectivity index (χ1v) is 11.5. The Morgan fingerprint density at radius 2 is 2.00 bits per heavy atom. The lowest BCUT2D eigenvalue weighted by molar-refractivity contribution is 0.0697. The second-order valence-corrected chi connectivity index (χ2v) is 9.04. The predicted octanol–water partition coefficient (Wildman–Crippen LogP) is 4.77. The number of hydrogen-bond acceptors (Lipinski definition) is 5. The van der Waals surface area contributed by atoms with Crippen molar-refractivity contribution < 1.29 is 23.4 Å². The SMILES string of the molecule is C[C@@H](Nc1ccc(F)cc1C(=O)O)c1cc(F)cc2c(=O)n(C3CC3)c([C@H]3CCCOC3)nc12. The van der Waals surface area contributed by atoms with E-state index in [9.17, 15) is 23.5 Å². The molecule has 3 aromatic rings. The number of fused-ring (bicyclic) bond motifs is 1. The minimum atomic E-state index is -1.29. The summed E-state index contributed by atoms with van der Waals surface area (Å²) in [5, 5.41) is 12.7. The van der Waals surface area contributed by atoms with Gasteiger partial charge in [0.1, 0.15) is 17.5 Å². The zero-order valence-electron chi connectivity index (χ0n) is 18.7. The molecule has 0 bridgehead atoms. The highest BCUT2D eigenvalue weighted by Gasteiger charge is 2.32. The molecule has 2 aliphatic rings. The highest BCUT2D eigenvalue weighted by molar-refractivity contribution is 5.94. The molecule has 178 valence electrons. The van der Waals surface area contributed by atoms with Gasteiger partial charge in [-0.15, -0.1) is 0 Å². The molecule has 2 heterocycles. The van der Waals surface area contributed by atoms with E-state index in [2.05, 4.69) is 5.32 Å². The lowest BCUT2D eigenvalue weighted by Gasteiger charge is -2.26. The molecular weight excluding hydrogens is 444 g/mol. The number of carboxylic acids is 1. The molecule has 1 aliphatic carbocycles.